The fraction of sp³-hybridized carbons (Fsp3) is 0. The molecule has 0 aromatic carbocycles. The van der Waals surface area contributed by atoms with E-state index < -0.39 is 0 Å². The van der Waals surface area contributed by atoms with Crippen LogP contribution in [0, 0.1) is 22.7 Å². The molecule has 84 valence electrons. The van der Waals surface area contributed by atoms with E-state index in [0.29, 0.717) is 11.5 Å². The second kappa shape index (κ2) is 3.61. The number of rotatable bonds is 1. The second-order valence-electron chi connectivity index (χ2n) is 3.25. The van der Waals surface area contributed by atoms with Crippen LogP contribution in [-0.2, 0) is 0 Å². The summed E-state index contributed by atoms with van der Waals surface area (Å²) in [5, 5.41) is 28.9. The summed E-state index contributed by atoms with van der Waals surface area (Å²) in [6.45, 7) is 0. The molecule has 0 saturated carbocycles. The van der Waals surface area contributed by atoms with Crippen molar-refractivity contribution >= 4 is 5.65 Å². The molecular formula is C9H3N9. The SMILES string of the molecule is N#Cc1ncn(-c2cncc3nnnn23)c1C#N. The summed E-state index contributed by atoms with van der Waals surface area (Å²) in [4.78, 5) is 7.81. The summed E-state index contributed by atoms with van der Waals surface area (Å²) < 4.78 is 2.81. The molecule has 0 unspecified atom stereocenters. The van der Waals surface area contributed by atoms with E-state index in [0.717, 1.165) is 0 Å². The van der Waals surface area contributed by atoms with Crippen molar-refractivity contribution in [1.82, 2.24) is 34.6 Å². The number of hydrogen-bond donors (Lipinski definition) is 0. The van der Waals surface area contributed by atoms with Gasteiger partial charge in [-0.25, -0.2) is 4.98 Å². The standard InChI is InChI=1S/C9H3N9/c10-1-6-7(2-11)17(5-13-6)9-4-12-3-8-14-15-16-18(8)9/h3-5H. The molecule has 0 aliphatic carbocycles. The van der Waals surface area contributed by atoms with Crippen molar-refractivity contribution < 1.29 is 0 Å². The van der Waals surface area contributed by atoms with Crippen molar-refractivity contribution in [2.24, 2.45) is 0 Å². The van der Waals surface area contributed by atoms with Crippen LogP contribution in [-0.4, -0.2) is 34.6 Å². The average Bonchev–Trinajstić information content (AvgIpc) is 3.03. The lowest BCUT2D eigenvalue weighted by Crippen LogP contribution is -2.05. The van der Waals surface area contributed by atoms with E-state index in [1.54, 1.807) is 0 Å². The van der Waals surface area contributed by atoms with Gasteiger partial charge in [0.05, 0.1) is 12.4 Å². The summed E-state index contributed by atoms with van der Waals surface area (Å²) in [7, 11) is 0. The van der Waals surface area contributed by atoms with Gasteiger partial charge in [0.15, 0.2) is 22.9 Å². The molecule has 0 aliphatic heterocycles. The zero-order valence-corrected chi connectivity index (χ0v) is 8.76. The van der Waals surface area contributed by atoms with E-state index in [-0.39, 0.29) is 11.4 Å². The monoisotopic (exact) mass is 237 g/mol. The Morgan fingerprint density at radius 3 is 2.83 bits per heavy atom. The highest BCUT2D eigenvalue weighted by molar-refractivity contribution is 5.44. The Kier molecular flexibility index (Phi) is 1.98. The van der Waals surface area contributed by atoms with Crippen LogP contribution in [0.25, 0.3) is 11.5 Å². The van der Waals surface area contributed by atoms with E-state index >= 15 is 0 Å². The van der Waals surface area contributed by atoms with Gasteiger partial charge >= 0.3 is 0 Å². The maximum Gasteiger partial charge on any atom is 0.199 e. The van der Waals surface area contributed by atoms with E-state index in [1.807, 2.05) is 12.1 Å². The molecule has 0 atom stereocenters. The third-order valence-electron chi connectivity index (χ3n) is 2.32. The predicted molar refractivity (Wildman–Crippen MR) is 55.1 cm³/mol. The fourth-order valence-corrected chi connectivity index (χ4v) is 1.54. The second-order valence-corrected chi connectivity index (χ2v) is 3.25. The van der Waals surface area contributed by atoms with Gasteiger partial charge in [0.1, 0.15) is 18.5 Å². The first-order chi connectivity index (χ1) is 8.85. The smallest absolute Gasteiger partial charge is 0.199 e. The van der Waals surface area contributed by atoms with Gasteiger partial charge < -0.3 is 0 Å². The first-order valence-electron chi connectivity index (χ1n) is 4.75. The van der Waals surface area contributed by atoms with Crippen molar-refractivity contribution in [2.45, 2.75) is 0 Å². The molecule has 0 radical (unpaired) electrons. The number of fused-ring (bicyclic) bond motifs is 1. The van der Waals surface area contributed by atoms with Crippen LogP contribution in [0.3, 0.4) is 0 Å². The molecule has 3 rings (SSSR count). The van der Waals surface area contributed by atoms with Crippen molar-refractivity contribution in [3.05, 3.63) is 30.1 Å². The van der Waals surface area contributed by atoms with Crippen LogP contribution >= 0.6 is 0 Å². The highest BCUT2D eigenvalue weighted by Crippen LogP contribution is 2.12. The normalized spacial score (nSPS) is 10.1. The van der Waals surface area contributed by atoms with Gasteiger partial charge in [0.2, 0.25) is 0 Å². The number of imidazole rings is 1. The zero-order valence-electron chi connectivity index (χ0n) is 8.76. The van der Waals surface area contributed by atoms with E-state index in [4.69, 9.17) is 10.5 Å². The minimum Gasteiger partial charge on any atom is -0.272 e. The molecule has 0 bridgehead atoms. The topological polar surface area (TPSA) is 121 Å². The lowest BCUT2D eigenvalue weighted by molar-refractivity contribution is 0.782. The maximum absolute atomic E-state index is 9.06. The fourth-order valence-electron chi connectivity index (χ4n) is 1.54. The molecule has 0 aliphatic rings. The van der Waals surface area contributed by atoms with Crippen LogP contribution in [0.15, 0.2) is 18.7 Å². The van der Waals surface area contributed by atoms with Gasteiger partial charge in [-0.15, -0.1) is 5.10 Å². The molecular weight excluding hydrogens is 234 g/mol. The van der Waals surface area contributed by atoms with Gasteiger partial charge in [-0.05, 0) is 10.4 Å². The first kappa shape index (κ1) is 9.86. The summed E-state index contributed by atoms with van der Waals surface area (Å²) in [6, 6.07) is 3.76. The molecule has 0 fully saturated rings. The summed E-state index contributed by atoms with van der Waals surface area (Å²) in [6.07, 6.45) is 4.32. The lowest BCUT2D eigenvalue weighted by Gasteiger charge is -2.03. The molecule has 18 heavy (non-hydrogen) atoms. The summed E-state index contributed by atoms with van der Waals surface area (Å²) in [5.41, 5.74) is 0.591. The highest BCUT2D eigenvalue weighted by Gasteiger charge is 2.14. The van der Waals surface area contributed by atoms with Crippen molar-refractivity contribution in [2.75, 3.05) is 0 Å². The number of nitriles is 2. The van der Waals surface area contributed by atoms with E-state index in [2.05, 4.69) is 25.5 Å². The molecule has 0 N–H and O–H groups in total. The molecule has 3 aromatic heterocycles. The van der Waals surface area contributed by atoms with Crippen LogP contribution < -0.4 is 0 Å². The minimum absolute atomic E-state index is 0.0441. The Balaban J connectivity index is 2.34. The molecule has 9 heteroatoms. The summed E-state index contributed by atoms with van der Waals surface area (Å²) >= 11 is 0. The third-order valence-corrected chi connectivity index (χ3v) is 2.32. The molecule has 0 amide bonds. The number of tetrazole rings is 1. The molecule has 3 heterocycles. The van der Waals surface area contributed by atoms with Gasteiger partial charge in [-0.3, -0.25) is 9.55 Å². The number of aromatic nitrogens is 7. The van der Waals surface area contributed by atoms with Gasteiger partial charge in [-0.2, -0.15) is 15.0 Å². The Morgan fingerprint density at radius 2 is 2.06 bits per heavy atom. The minimum atomic E-state index is 0.0441. The van der Waals surface area contributed by atoms with Gasteiger partial charge in [0, 0.05) is 0 Å². The van der Waals surface area contributed by atoms with Crippen LogP contribution in [0.4, 0.5) is 0 Å². The Labute approximate surface area is 99.5 Å². The van der Waals surface area contributed by atoms with Crippen LogP contribution in [0.1, 0.15) is 11.4 Å². The van der Waals surface area contributed by atoms with Crippen LogP contribution in [0.2, 0.25) is 0 Å². The molecule has 0 saturated heterocycles. The lowest BCUT2D eigenvalue weighted by atomic mass is 10.3. The first-order valence-corrected chi connectivity index (χ1v) is 4.75. The zero-order chi connectivity index (χ0) is 12.5. The number of nitrogens with zero attached hydrogens (tertiary/aromatic N) is 9. The predicted octanol–water partition coefficient (Wildman–Crippen LogP) is -0.552. The molecule has 9 nitrogen and oxygen atoms in total. The van der Waals surface area contributed by atoms with Crippen molar-refractivity contribution in [3.8, 4) is 18.0 Å². The van der Waals surface area contributed by atoms with Crippen LogP contribution in [0.5, 0.6) is 0 Å². The Bertz CT molecular complexity index is 813. The largest absolute Gasteiger partial charge is 0.272 e. The van der Waals surface area contributed by atoms with E-state index in [1.165, 1.54) is 27.8 Å². The number of hydrogen-bond acceptors (Lipinski definition) is 7. The average molecular weight is 237 g/mol. The Morgan fingerprint density at radius 1 is 1.17 bits per heavy atom. The third kappa shape index (κ3) is 1.22. The summed E-state index contributed by atoms with van der Waals surface area (Å²) in [5.74, 6) is 0.433. The van der Waals surface area contributed by atoms with Crippen molar-refractivity contribution in [1.29, 1.82) is 10.5 Å². The maximum atomic E-state index is 9.06. The van der Waals surface area contributed by atoms with E-state index in [9.17, 15) is 0 Å². The molecule has 3 aromatic rings. The highest BCUT2D eigenvalue weighted by atomic mass is 15.5. The van der Waals surface area contributed by atoms with Crippen molar-refractivity contribution in [3.63, 3.8) is 0 Å². The Hall–Kier alpha value is -3.33. The molecule has 0 spiro atoms. The quantitative estimate of drug-likeness (QED) is 0.556. The van der Waals surface area contributed by atoms with Gasteiger partial charge in [0.25, 0.3) is 0 Å². The van der Waals surface area contributed by atoms with Gasteiger partial charge in [-0.1, -0.05) is 0 Å².